The van der Waals surface area contributed by atoms with E-state index in [1.165, 1.54) is 19.3 Å². The number of aliphatic hydroxyl groups excluding tert-OH is 1. The Hall–Kier alpha value is -0.900. The molecule has 0 aromatic heterocycles. The molecular formula is C15H23NO2. The maximum atomic E-state index is 8.98. The Kier molecular flexibility index (Phi) is 5.17. The van der Waals surface area contributed by atoms with Crippen molar-refractivity contribution in [2.24, 2.45) is 5.73 Å². The molecule has 0 aliphatic heterocycles. The molecule has 0 bridgehead atoms. The highest BCUT2D eigenvalue weighted by Crippen LogP contribution is 2.20. The second-order valence-electron chi connectivity index (χ2n) is 5.13. The highest BCUT2D eigenvalue weighted by atomic mass is 16.5. The molecule has 0 spiro atoms. The van der Waals surface area contributed by atoms with Gasteiger partial charge in [-0.25, -0.2) is 0 Å². The van der Waals surface area contributed by atoms with Crippen LogP contribution in [0.2, 0.25) is 0 Å². The van der Waals surface area contributed by atoms with Crippen LogP contribution in [0.4, 0.5) is 0 Å². The van der Waals surface area contributed by atoms with Crippen LogP contribution < -0.4 is 5.73 Å². The van der Waals surface area contributed by atoms with Crippen LogP contribution in [0, 0.1) is 0 Å². The Balaban J connectivity index is 1.85. The predicted octanol–water partition coefficient (Wildman–Crippen LogP) is 2.36. The molecule has 1 aromatic carbocycles. The maximum absolute atomic E-state index is 8.98. The Morgan fingerprint density at radius 2 is 1.72 bits per heavy atom. The Bertz CT molecular complexity index is 350. The molecule has 1 aliphatic rings. The van der Waals surface area contributed by atoms with Gasteiger partial charge < -0.3 is 15.6 Å². The largest absolute Gasteiger partial charge is 0.392 e. The molecule has 2 unspecified atom stereocenters. The van der Waals surface area contributed by atoms with Crippen molar-refractivity contribution in [3.05, 3.63) is 35.4 Å². The summed E-state index contributed by atoms with van der Waals surface area (Å²) in [5.74, 6) is 0. The second-order valence-corrected chi connectivity index (χ2v) is 5.13. The number of nitrogens with two attached hydrogens (primary N) is 1. The molecular weight excluding hydrogens is 226 g/mol. The molecule has 3 heteroatoms. The number of hydrogen-bond donors (Lipinski definition) is 2. The van der Waals surface area contributed by atoms with Crippen LogP contribution in [0.3, 0.4) is 0 Å². The molecule has 18 heavy (non-hydrogen) atoms. The first-order valence-electron chi connectivity index (χ1n) is 6.85. The van der Waals surface area contributed by atoms with Gasteiger partial charge in [-0.3, -0.25) is 0 Å². The molecule has 2 atom stereocenters. The lowest BCUT2D eigenvalue weighted by Crippen LogP contribution is -2.35. The van der Waals surface area contributed by atoms with E-state index in [0.29, 0.717) is 6.61 Å². The van der Waals surface area contributed by atoms with Gasteiger partial charge in [-0.1, -0.05) is 43.5 Å². The van der Waals surface area contributed by atoms with Gasteiger partial charge in [0.2, 0.25) is 0 Å². The quantitative estimate of drug-likeness (QED) is 0.805. The topological polar surface area (TPSA) is 55.5 Å². The van der Waals surface area contributed by atoms with E-state index in [4.69, 9.17) is 15.6 Å². The van der Waals surface area contributed by atoms with Crippen molar-refractivity contribution in [1.82, 2.24) is 0 Å². The Morgan fingerprint density at radius 1 is 1.06 bits per heavy atom. The molecule has 1 fully saturated rings. The third-order valence-corrected chi connectivity index (χ3v) is 3.67. The van der Waals surface area contributed by atoms with E-state index in [1.54, 1.807) is 0 Å². The van der Waals surface area contributed by atoms with E-state index < -0.39 is 0 Å². The smallest absolute Gasteiger partial charge is 0.0730 e. The van der Waals surface area contributed by atoms with E-state index in [1.807, 2.05) is 24.3 Å². The average Bonchev–Trinajstić information content (AvgIpc) is 2.62. The van der Waals surface area contributed by atoms with E-state index in [-0.39, 0.29) is 18.8 Å². The van der Waals surface area contributed by atoms with Gasteiger partial charge in [0.1, 0.15) is 0 Å². The highest BCUT2D eigenvalue weighted by Gasteiger charge is 2.20. The summed E-state index contributed by atoms with van der Waals surface area (Å²) in [5, 5.41) is 8.98. The first kappa shape index (κ1) is 13.5. The minimum absolute atomic E-state index is 0.0919. The van der Waals surface area contributed by atoms with Crippen molar-refractivity contribution in [3.8, 4) is 0 Å². The van der Waals surface area contributed by atoms with E-state index >= 15 is 0 Å². The zero-order valence-electron chi connectivity index (χ0n) is 10.8. The van der Waals surface area contributed by atoms with Crippen LogP contribution in [-0.4, -0.2) is 17.3 Å². The summed E-state index contributed by atoms with van der Waals surface area (Å²) in [5.41, 5.74) is 8.21. The molecule has 0 heterocycles. The standard InChI is InChI=1S/C15H23NO2/c16-14-4-2-1-3-5-15(14)18-11-13-8-6-12(10-17)7-9-13/h6-9,14-15,17H,1-5,10-11,16H2. The zero-order chi connectivity index (χ0) is 12.8. The number of rotatable bonds is 4. The molecule has 1 aromatic rings. The highest BCUT2D eigenvalue weighted by molar-refractivity contribution is 5.21. The lowest BCUT2D eigenvalue weighted by molar-refractivity contribution is 0.0194. The molecule has 3 N–H and O–H groups in total. The van der Waals surface area contributed by atoms with Crippen LogP contribution in [0.5, 0.6) is 0 Å². The normalized spacial score (nSPS) is 24.8. The summed E-state index contributed by atoms with van der Waals surface area (Å²) in [6, 6.07) is 8.07. The first-order chi connectivity index (χ1) is 8.79. The second kappa shape index (κ2) is 6.88. The van der Waals surface area contributed by atoms with Crippen LogP contribution >= 0.6 is 0 Å². The molecule has 2 rings (SSSR count). The fourth-order valence-corrected chi connectivity index (χ4v) is 2.45. The molecule has 0 amide bonds. The molecule has 1 saturated carbocycles. The molecule has 0 radical (unpaired) electrons. The predicted molar refractivity (Wildman–Crippen MR) is 72.0 cm³/mol. The fourth-order valence-electron chi connectivity index (χ4n) is 2.45. The SMILES string of the molecule is NC1CCCCCC1OCc1ccc(CO)cc1. The van der Waals surface area contributed by atoms with Crippen LogP contribution in [0.1, 0.15) is 43.2 Å². The van der Waals surface area contributed by atoms with Crippen molar-refractivity contribution in [2.45, 2.75) is 57.5 Å². The number of benzene rings is 1. The van der Waals surface area contributed by atoms with Crippen molar-refractivity contribution in [3.63, 3.8) is 0 Å². The van der Waals surface area contributed by atoms with Gasteiger partial charge in [0.05, 0.1) is 19.3 Å². The third-order valence-electron chi connectivity index (χ3n) is 3.67. The molecule has 100 valence electrons. The van der Waals surface area contributed by atoms with Crippen molar-refractivity contribution in [1.29, 1.82) is 0 Å². The lowest BCUT2D eigenvalue weighted by atomic mass is 10.1. The minimum Gasteiger partial charge on any atom is -0.392 e. The van der Waals surface area contributed by atoms with Crippen molar-refractivity contribution in [2.75, 3.05) is 0 Å². The number of ether oxygens (including phenoxy) is 1. The monoisotopic (exact) mass is 249 g/mol. The van der Waals surface area contributed by atoms with Crippen molar-refractivity contribution < 1.29 is 9.84 Å². The lowest BCUT2D eigenvalue weighted by Gasteiger charge is -2.21. The van der Waals surface area contributed by atoms with Gasteiger partial charge in [0.15, 0.2) is 0 Å². The summed E-state index contributed by atoms with van der Waals surface area (Å²) < 4.78 is 5.95. The Morgan fingerprint density at radius 3 is 2.44 bits per heavy atom. The fraction of sp³-hybridized carbons (Fsp3) is 0.600. The van der Waals surface area contributed by atoms with Gasteiger partial charge in [0, 0.05) is 6.04 Å². The van der Waals surface area contributed by atoms with Crippen LogP contribution in [0.15, 0.2) is 24.3 Å². The van der Waals surface area contributed by atoms with E-state index in [9.17, 15) is 0 Å². The van der Waals surface area contributed by atoms with Gasteiger partial charge in [0.25, 0.3) is 0 Å². The third kappa shape index (κ3) is 3.80. The molecule has 0 saturated heterocycles. The number of hydrogen-bond acceptors (Lipinski definition) is 3. The average molecular weight is 249 g/mol. The molecule has 3 nitrogen and oxygen atoms in total. The van der Waals surface area contributed by atoms with E-state index in [2.05, 4.69) is 0 Å². The van der Waals surface area contributed by atoms with Gasteiger partial charge >= 0.3 is 0 Å². The summed E-state index contributed by atoms with van der Waals surface area (Å²) in [4.78, 5) is 0. The summed E-state index contributed by atoms with van der Waals surface area (Å²) in [6.45, 7) is 0.707. The maximum Gasteiger partial charge on any atom is 0.0730 e. The van der Waals surface area contributed by atoms with E-state index in [0.717, 1.165) is 24.0 Å². The first-order valence-corrected chi connectivity index (χ1v) is 6.85. The van der Waals surface area contributed by atoms with Crippen LogP contribution in [-0.2, 0) is 18.0 Å². The minimum atomic E-state index is 0.0919. The van der Waals surface area contributed by atoms with Gasteiger partial charge in [-0.2, -0.15) is 0 Å². The Labute approximate surface area is 109 Å². The number of aliphatic hydroxyl groups is 1. The van der Waals surface area contributed by atoms with Crippen molar-refractivity contribution >= 4 is 0 Å². The summed E-state index contributed by atoms with van der Waals surface area (Å²) >= 11 is 0. The summed E-state index contributed by atoms with van der Waals surface area (Å²) in [6.07, 6.45) is 6.08. The molecule has 1 aliphatic carbocycles. The summed E-state index contributed by atoms with van der Waals surface area (Å²) in [7, 11) is 0. The van der Waals surface area contributed by atoms with Crippen LogP contribution in [0.25, 0.3) is 0 Å². The van der Waals surface area contributed by atoms with Gasteiger partial charge in [-0.15, -0.1) is 0 Å². The van der Waals surface area contributed by atoms with Gasteiger partial charge in [-0.05, 0) is 24.0 Å². The zero-order valence-corrected chi connectivity index (χ0v) is 10.8.